The minimum atomic E-state index is -0.141. The largest absolute Gasteiger partial charge is 0.325 e. The number of hydrogen-bond donors (Lipinski definition) is 1. The fourth-order valence-corrected chi connectivity index (χ4v) is 4.72. The highest BCUT2D eigenvalue weighted by molar-refractivity contribution is 7.99. The van der Waals surface area contributed by atoms with Crippen molar-refractivity contribution >= 4 is 34.3 Å². The lowest BCUT2D eigenvalue weighted by Crippen LogP contribution is -2.23. The molecule has 3 aromatic carbocycles. The number of aryl methyl sites for hydroxylation is 4. The topological polar surface area (TPSA) is 64.0 Å². The number of nitrogens with one attached hydrogen (secondary N) is 1. The van der Waals surface area contributed by atoms with Crippen LogP contribution in [0, 0.1) is 27.7 Å². The van der Waals surface area contributed by atoms with Gasteiger partial charge in [0.25, 0.3) is 5.56 Å². The van der Waals surface area contributed by atoms with Crippen molar-refractivity contribution in [1.29, 1.82) is 0 Å². The van der Waals surface area contributed by atoms with E-state index < -0.39 is 0 Å². The fraction of sp³-hybridized carbons (Fsp3) is 0.192. The Balaban J connectivity index is 1.69. The van der Waals surface area contributed by atoms with Crippen LogP contribution in [0.4, 0.5) is 5.69 Å². The van der Waals surface area contributed by atoms with E-state index in [1.165, 1.54) is 11.8 Å². The molecule has 6 heteroatoms. The summed E-state index contributed by atoms with van der Waals surface area (Å²) in [7, 11) is 0. The van der Waals surface area contributed by atoms with Gasteiger partial charge in [0.15, 0.2) is 5.16 Å². The molecule has 162 valence electrons. The molecule has 0 fully saturated rings. The summed E-state index contributed by atoms with van der Waals surface area (Å²) in [4.78, 5) is 30.9. The predicted molar refractivity (Wildman–Crippen MR) is 132 cm³/mol. The third-order valence-electron chi connectivity index (χ3n) is 5.38. The Hall–Kier alpha value is -3.38. The quantitative estimate of drug-likeness (QED) is 0.334. The number of rotatable bonds is 5. The van der Waals surface area contributed by atoms with Gasteiger partial charge in [-0.3, -0.25) is 14.2 Å². The summed E-state index contributed by atoms with van der Waals surface area (Å²) in [6.45, 7) is 7.98. The Morgan fingerprint density at radius 3 is 2.31 bits per heavy atom. The van der Waals surface area contributed by atoms with Crippen molar-refractivity contribution in [2.45, 2.75) is 32.9 Å². The molecule has 0 aliphatic heterocycles. The normalized spacial score (nSPS) is 11.0. The van der Waals surface area contributed by atoms with E-state index in [0.29, 0.717) is 16.1 Å². The molecule has 1 amide bonds. The van der Waals surface area contributed by atoms with Crippen LogP contribution in [0.2, 0.25) is 0 Å². The number of aromatic nitrogens is 2. The number of fused-ring (bicyclic) bond motifs is 1. The lowest BCUT2D eigenvalue weighted by molar-refractivity contribution is -0.113. The zero-order valence-electron chi connectivity index (χ0n) is 18.6. The van der Waals surface area contributed by atoms with Crippen molar-refractivity contribution in [2.24, 2.45) is 0 Å². The first-order valence-electron chi connectivity index (χ1n) is 10.4. The van der Waals surface area contributed by atoms with Crippen molar-refractivity contribution in [1.82, 2.24) is 9.55 Å². The average molecular weight is 444 g/mol. The van der Waals surface area contributed by atoms with Gasteiger partial charge in [-0.1, -0.05) is 59.8 Å². The number of hydrogen-bond acceptors (Lipinski definition) is 4. The maximum absolute atomic E-state index is 13.4. The minimum Gasteiger partial charge on any atom is -0.325 e. The molecule has 32 heavy (non-hydrogen) atoms. The van der Waals surface area contributed by atoms with Gasteiger partial charge in [-0.05, 0) is 62.6 Å². The molecule has 4 aromatic rings. The second-order valence-corrected chi connectivity index (χ2v) is 8.89. The number of benzene rings is 3. The summed E-state index contributed by atoms with van der Waals surface area (Å²) < 4.78 is 1.61. The fourth-order valence-electron chi connectivity index (χ4n) is 3.92. The molecule has 4 rings (SSSR count). The van der Waals surface area contributed by atoms with Gasteiger partial charge in [-0.25, -0.2) is 4.98 Å². The maximum atomic E-state index is 13.4. The molecule has 0 saturated heterocycles. The van der Waals surface area contributed by atoms with E-state index in [-0.39, 0.29) is 17.2 Å². The van der Waals surface area contributed by atoms with Crippen molar-refractivity contribution in [3.63, 3.8) is 0 Å². The SMILES string of the molecule is Cc1cc(C)c(NC(=O)CSc2nc3ccccc3c(=O)n2-c2ccccc2C)c(C)c1. The van der Waals surface area contributed by atoms with Crippen LogP contribution >= 0.6 is 11.8 Å². The first-order chi connectivity index (χ1) is 15.3. The first-order valence-corrected chi connectivity index (χ1v) is 11.4. The summed E-state index contributed by atoms with van der Waals surface area (Å²) in [5, 5.41) is 4.07. The standard InChI is InChI=1S/C26H25N3O2S/c1-16-13-18(3)24(19(4)14-16)28-23(30)15-32-26-27-21-11-7-6-10-20(21)25(31)29(26)22-12-8-5-9-17(22)2/h5-14H,15H2,1-4H3,(H,28,30). The molecular formula is C26H25N3O2S. The Labute approximate surface area is 191 Å². The molecule has 0 aliphatic carbocycles. The number of carbonyl (C=O) groups is 1. The average Bonchev–Trinajstić information content (AvgIpc) is 2.76. The van der Waals surface area contributed by atoms with Crippen LogP contribution in [0.5, 0.6) is 0 Å². The molecule has 0 saturated carbocycles. The zero-order chi connectivity index (χ0) is 22.8. The van der Waals surface area contributed by atoms with Crippen LogP contribution in [0.15, 0.2) is 70.6 Å². The Kier molecular flexibility index (Phi) is 6.15. The van der Waals surface area contributed by atoms with E-state index in [0.717, 1.165) is 33.6 Å². The molecule has 1 aromatic heterocycles. The third-order valence-corrected chi connectivity index (χ3v) is 6.31. The molecule has 0 radical (unpaired) electrons. The van der Waals surface area contributed by atoms with E-state index in [2.05, 4.69) is 17.4 Å². The molecule has 1 N–H and O–H groups in total. The monoisotopic (exact) mass is 443 g/mol. The predicted octanol–water partition coefficient (Wildman–Crippen LogP) is 5.35. The number of nitrogens with zero attached hydrogens (tertiary/aromatic N) is 2. The first kappa shape index (κ1) is 21.8. The van der Waals surface area contributed by atoms with Crippen LogP contribution in [0.25, 0.3) is 16.6 Å². The molecule has 0 spiro atoms. The molecule has 0 atom stereocenters. The second kappa shape index (κ2) is 9.01. The molecular weight excluding hydrogens is 418 g/mol. The zero-order valence-corrected chi connectivity index (χ0v) is 19.4. The van der Waals surface area contributed by atoms with Crippen LogP contribution in [-0.2, 0) is 4.79 Å². The van der Waals surface area contributed by atoms with Crippen molar-refractivity contribution < 1.29 is 4.79 Å². The lowest BCUT2D eigenvalue weighted by Gasteiger charge is -2.16. The van der Waals surface area contributed by atoms with Crippen LogP contribution < -0.4 is 10.9 Å². The minimum absolute atomic E-state index is 0.135. The van der Waals surface area contributed by atoms with Gasteiger partial charge in [-0.2, -0.15) is 0 Å². The summed E-state index contributed by atoms with van der Waals surface area (Å²) in [6, 6.07) is 19.1. The van der Waals surface area contributed by atoms with Crippen molar-refractivity contribution in [2.75, 3.05) is 11.1 Å². The van der Waals surface area contributed by atoms with Gasteiger partial charge in [0.1, 0.15) is 0 Å². The van der Waals surface area contributed by atoms with E-state index in [9.17, 15) is 9.59 Å². The van der Waals surface area contributed by atoms with Gasteiger partial charge in [-0.15, -0.1) is 0 Å². The number of para-hydroxylation sites is 2. The Morgan fingerprint density at radius 2 is 1.59 bits per heavy atom. The highest BCUT2D eigenvalue weighted by Crippen LogP contribution is 2.25. The number of amides is 1. The molecule has 0 bridgehead atoms. The summed E-state index contributed by atoms with van der Waals surface area (Å²) >= 11 is 1.26. The van der Waals surface area contributed by atoms with E-state index >= 15 is 0 Å². The smallest absolute Gasteiger partial charge is 0.266 e. The number of carbonyl (C=O) groups excluding carboxylic acids is 1. The highest BCUT2D eigenvalue weighted by Gasteiger charge is 2.16. The Morgan fingerprint density at radius 1 is 0.938 bits per heavy atom. The highest BCUT2D eigenvalue weighted by atomic mass is 32.2. The summed E-state index contributed by atoms with van der Waals surface area (Å²) in [5.74, 6) is 0.00690. The van der Waals surface area contributed by atoms with Crippen molar-refractivity contribution in [3.8, 4) is 5.69 Å². The third kappa shape index (κ3) is 4.32. The maximum Gasteiger partial charge on any atom is 0.266 e. The number of anilines is 1. The van der Waals surface area contributed by atoms with Gasteiger partial charge >= 0.3 is 0 Å². The Bertz CT molecular complexity index is 1370. The molecule has 1 heterocycles. The number of thioether (sulfide) groups is 1. The van der Waals surface area contributed by atoms with Crippen molar-refractivity contribution in [3.05, 3.63) is 93.3 Å². The van der Waals surface area contributed by atoms with Gasteiger partial charge < -0.3 is 5.32 Å². The van der Waals surface area contributed by atoms with Gasteiger partial charge in [0.2, 0.25) is 5.91 Å². The van der Waals surface area contributed by atoms with Crippen LogP contribution in [0.1, 0.15) is 22.3 Å². The lowest BCUT2D eigenvalue weighted by atomic mass is 10.1. The van der Waals surface area contributed by atoms with Gasteiger partial charge in [0, 0.05) is 5.69 Å². The van der Waals surface area contributed by atoms with E-state index in [1.54, 1.807) is 10.6 Å². The second-order valence-electron chi connectivity index (χ2n) is 7.95. The van der Waals surface area contributed by atoms with E-state index in [4.69, 9.17) is 4.98 Å². The van der Waals surface area contributed by atoms with E-state index in [1.807, 2.05) is 70.2 Å². The molecule has 0 aliphatic rings. The molecule has 0 unspecified atom stereocenters. The van der Waals surface area contributed by atoms with Crippen LogP contribution in [-0.4, -0.2) is 21.2 Å². The summed E-state index contributed by atoms with van der Waals surface area (Å²) in [6.07, 6.45) is 0. The summed E-state index contributed by atoms with van der Waals surface area (Å²) in [5.41, 5.74) is 6.27. The van der Waals surface area contributed by atoms with Crippen LogP contribution in [0.3, 0.4) is 0 Å². The van der Waals surface area contributed by atoms with Gasteiger partial charge in [0.05, 0.1) is 22.3 Å². The molecule has 5 nitrogen and oxygen atoms in total.